The van der Waals surface area contributed by atoms with Crippen molar-refractivity contribution in [3.8, 4) is 0 Å². The molecule has 0 atom stereocenters. The maximum atomic E-state index is 11.9. The number of benzene rings is 2. The van der Waals surface area contributed by atoms with Crippen molar-refractivity contribution in [3.05, 3.63) is 83.3 Å². The highest BCUT2D eigenvalue weighted by molar-refractivity contribution is 5.93. The maximum absolute atomic E-state index is 11.9. The lowest BCUT2D eigenvalue weighted by atomic mass is 10.2. The molecule has 2 aromatic rings. The topological polar surface area (TPSA) is 127 Å². The lowest BCUT2D eigenvalue weighted by molar-refractivity contribution is -0.148. The Kier molecular flexibility index (Phi) is 9.39. The van der Waals surface area contributed by atoms with Gasteiger partial charge < -0.3 is 19.7 Å². The van der Waals surface area contributed by atoms with Crippen LogP contribution in [-0.4, -0.2) is 34.1 Å². The molecule has 32 heavy (non-hydrogen) atoms. The highest BCUT2D eigenvalue weighted by Crippen LogP contribution is 2.13. The van der Waals surface area contributed by atoms with Gasteiger partial charge >= 0.3 is 23.9 Å². The molecule has 2 rings (SSSR count). The van der Waals surface area contributed by atoms with Crippen molar-refractivity contribution >= 4 is 36.0 Å². The molecule has 8 nitrogen and oxygen atoms in total. The van der Waals surface area contributed by atoms with E-state index in [9.17, 15) is 29.4 Å². The van der Waals surface area contributed by atoms with E-state index in [1.807, 2.05) is 0 Å². The zero-order valence-electron chi connectivity index (χ0n) is 17.1. The average molecular weight is 438 g/mol. The third-order valence-corrected chi connectivity index (χ3v) is 4.08. The Bertz CT molecular complexity index is 923. The third-order valence-electron chi connectivity index (χ3n) is 4.08. The Morgan fingerprint density at radius 1 is 0.625 bits per heavy atom. The monoisotopic (exact) mass is 438 g/mol. The number of hydrogen-bond donors (Lipinski definition) is 2. The fraction of sp³-hybridized carbons (Fsp3) is 0.167. The molecule has 2 aromatic carbocycles. The highest BCUT2D eigenvalue weighted by Gasteiger charge is 2.16. The number of ether oxygens (including phenoxy) is 2. The summed E-state index contributed by atoms with van der Waals surface area (Å²) in [4.78, 5) is 46.4. The molecule has 0 aliphatic rings. The van der Waals surface area contributed by atoms with Crippen LogP contribution in [0.4, 0.5) is 0 Å². The largest absolute Gasteiger partial charge is 0.475 e. The molecule has 0 radical (unpaired) electrons. The van der Waals surface area contributed by atoms with Gasteiger partial charge in [0.1, 0.15) is 0 Å². The maximum Gasteiger partial charge on any atom is 0.371 e. The van der Waals surface area contributed by atoms with Crippen LogP contribution in [0.1, 0.15) is 36.8 Å². The number of carboxylic acid groups (broad SMARTS) is 2. The van der Waals surface area contributed by atoms with Crippen molar-refractivity contribution in [2.45, 2.75) is 25.7 Å². The molecule has 0 spiro atoms. The van der Waals surface area contributed by atoms with Crippen molar-refractivity contribution < 1.29 is 38.9 Å². The van der Waals surface area contributed by atoms with E-state index in [4.69, 9.17) is 9.47 Å². The number of aliphatic carboxylic acids is 2. The fourth-order valence-corrected chi connectivity index (χ4v) is 2.56. The minimum atomic E-state index is -1.38. The van der Waals surface area contributed by atoms with Crippen LogP contribution in [0.2, 0.25) is 0 Å². The molecule has 8 heteroatoms. The summed E-state index contributed by atoms with van der Waals surface area (Å²) in [5.41, 5.74) is 1.14. The van der Waals surface area contributed by atoms with Crippen LogP contribution < -0.4 is 0 Å². The number of carboxylic acids is 2. The Morgan fingerprint density at radius 2 is 0.969 bits per heavy atom. The van der Waals surface area contributed by atoms with Gasteiger partial charge in [-0.25, -0.2) is 9.59 Å². The zero-order valence-corrected chi connectivity index (χ0v) is 17.1. The van der Waals surface area contributed by atoms with Crippen molar-refractivity contribution in [2.75, 3.05) is 0 Å². The summed E-state index contributed by atoms with van der Waals surface area (Å²) in [6, 6.07) is 17.1. The predicted octanol–water partition coefficient (Wildman–Crippen LogP) is 3.88. The second-order valence-corrected chi connectivity index (χ2v) is 6.60. The molecule has 0 fully saturated rings. The Balaban J connectivity index is 1.80. The van der Waals surface area contributed by atoms with Gasteiger partial charge in [-0.2, -0.15) is 0 Å². The van der Waals surface area contributed by atoms with E-state index in [2.05, 4.69) is 0 Å². The van der Waals surface area contributed by atoms with Crippen LogP contribution in [0.5, 0.6) is 0 Å². The molecule has 0 saturated heterocycles. The Hall–Kier alpha value is -4.20. The second kappa shape index (κ2) is 12.5. The number of carbonyl (C=O) groups is 4. The summed E-state index contributed by atoms with van der Waals surface area (Å²) in [6.45, 7) is 0. The number of rotatable bonds is 11. The van der Waals surface area contributed by atoms with Crippen LogP contribution in [0.15, 0.2) is 72.2 Å². The summed E-state index contributed by atoms with van der Waals surface area (Å²) in [5, 5.41) is 18.4. The van der Waals surface area contributed by atoms with Crippen LogP contribution >= 0.6 is 0 Å². The molecule has 0 aromatic heterocycles. The van der Waals surface area contributed by atoms with Crippen LogP contribution in [-0.2, 0) is 28.7 Å². The molecule has 0 bridgehead atoms. The van der Waals surface area contributed by atoms with E-state index in [0.717, 1.165) is 0 Å². The van der Waals surface area contributed by atoms with Gasteiger partial charge in [0.15, 0.2) is 0 Å². The SMILES string of the molecule is O=C(CCCCC(=O)OC(=Cc1ccccc1)C(=O)O)OC(=Cc1ccccc1)C(=O)O. The van der Waals surface area contributed by atoms with Gasteiger partial charge in [0.2, 0.25) is 11.5 Å². The minimum Gasteiger partial charge on any atom is -0.475 e. The smallest absolute Gasteiger partial charge is 0.371 e. The first kappa shape index (κ1) is 24.1. The summed E-state index contributed by atoms with van der Waals surface area (Å²) in [6.07, 6.45) is 2.72. The Morgan fingerprint density at radius 3 is 1.28 bits per heavy atom. The van der Waals surface area contributed by atoms with Gasteiger partial charge in [0, 0.05) is 12.8 Å². The van der Waals surface area contributed by atoms with E-state index in [1.54, 1.807) is 60.7 Å². The van der Waals surface area contributed by atoms with Crippen molar-refractivity contribution in [1.29, 1.82) is 0 Å². The van der Waals surface area contributed by atoms with Gasteiger partial charge in [-0.15, -0.1) is 0 Å². The minimum absolute atomic E-state index is 0.113. The van der Waals surface area contributed by atoms with Crippen LogP contribution in [0.25, 0.3) is 12.2 Å². The van der Waals surface area contributed by atoms with E-state index >= 15 is 0 Å². The summed E-state index contributed by atoms with van der Waals surface area (Å²) >= 11 is 0. The normalized spacial score (nSPS) is 11.5. The zero-order chi connectivity index (χ0) is 23.3. The molecule has 0 heterocycles. The number of carbonyl (C=O) groups excluding carboxylic acids is 2. The third kappa shape index (κ3) is 8.66. The van der Waals surface area contributed by atoms with Crippen molar-refractivity contribution in [1.82, 2.24) is 0 Å². The molecule has 0 amide bonds. The first-order chi connectivity index (χ1) is 15.3. The summed E-state index contributed by atoms with van der Waals surface area (Å²) in [5.74, 6) is -5.26. The van der Waals surface area contributed by atoms with Crippen LogP contribution in [0, 0.1) is 0 Å². The van der Waals surface area contributed by atoms with E-state index in [-0.39, 0.29) is 25.7 Å². The van der Waals surface area contributed by atoms with E-state index < -0.39 is 35.4 Å². The van der Waals surface area contributed by atoms with Gasteiger partial charge in [0.05, 0.1) is 0 Å². The lowest BCUT2D eigenvalue weighted by Crippen LogP contribution is -2.12. The molecule has 0 aliphatic heterocycles. The van der Waals surface area contributed by atoms with Crippen molar-refractivity contribution in [3.63, 3.8) is 0 Å². The molecule has 0 saturated carbocycles. The average Bonchev–Trinajstić information content (AvgIpc) is 2.77. The molecule has 166 valence electrons. The predicted molar refractivity (Wildman–Crippen MR) is 115 cm³/mol. The van der Waals surface area contributed by atoms with Gasteiger partial charge in [0.25, 0.3) is 0 Å². The number of unbranched alkanes of at least 4 members (excludes halogenated alkanes) is 1. The highest BCUT2D eigenvalue weighted by atomic mass is 16.6. The molecular formula is C24H22O8. The number of esters is 2. The quantitative estimate of drug-likeness (QED) is 0.234. The lowest BCUT2D eigenvalue weighted by Gasteiger charge is -2.06. The first-order valence-corrected chi connectivity index (χ1v) is 9.76. The van der Waals surface area contributed by atoms with Crippen molar-refractivity contribution in [2.24, 2.45) is 0 Å². The molecule has 2 N–H and O–H groups in total. The molecular weight excluding hydrogens is 416 g/mol. The Labute approximate surface area is 184 Å². The number of hydrogen-bond acceptors (Lipinski definition) is 6. The van der Waals surface area contributed by atoms with E-state index in [0.29, 0.717) is 11.1 Å². The van der Waals surface area contributed by atoms with Gasteiger partial charge in [-0.1, -0.05) is 60.7 Å². The standard InChI is InChI=1S/C24H22O8/c25-21(31-19(23(27)28)15-17-9-3-1-4-10-17)13-7-8-14-22(26)32-20(24(29)30)16-18-11-5-2-6-12-18/h1-6,9-12,15-16H,7-8,13-14H2,(H,27,28)(H,29,30). The van der Waals surface area contributed by atoms with Gasteiger partial charge in [-0.05, 0) is 36.1 Å². The first-order valence-electron chi connectivity index (χ1n) is 9.76. The molecule has 0 aliphatic carbocycles. The molecule has 0 unspecified atom stereocenters. The van der Waals surface area contributed by atoms with E-state index in [1.165, 1.54) is 12.2 Å². The fourth-order valence-electron chi connectivity index (χ4n) is 2.56. The van der Waals surface area contributed by atoms with Gasteiger partial charge in [-0.3, -0.25) is 9.59 Å². The van der Waals surface area contributed by atoms with Crippen LogP contribution in [0.3, 0.4) is 0 Å². The summed E-state index contributed by atoms with van der Waals surface area (Å²) < 4.78 is 9.81. The second-order valence-electron chi connectivity index (χ2n) is 6.60. The summed E-state index contributed by atoms with van der Waals surface area (Å²) in [7, 11) is 0.